The van der Waals surface area contributed by atoms with Gasteiger partial charge >= 0.3 is 43.7 Å². The van der Waals surface area contributed by atoms with Crippen molar-refractivity contribution in [2.24, 2.45) is 0 Å². The number of carboxylic acids is 1. The van der Waals surface area contributed by atoms with Crippen LogP contribution >= 0.6 is 0 Å². The monoisotopic (exact) mass is 318 g/mol. The van der Waals surface area contributed by atoms with E-state index in [1.165, 1.54) is 32.1 Å². The third-order valence-electron chi connectivity index (χ3n) is 4.16. The first-order valence-electron chi connectivity index (χ1n) is 7.90. The Hall–Kier alpha value is -0.0503. The van der Waals surface area contributed by atoms with Gasteiger partial charge in [0.1, 0.15) is 0 Å². The van der Waals surface area contributed by atoms with Gasteiger partial charge < -0.3 is 5.11 Å². The quantitative estimate of drug-likeness (QED) is 0.517. The fourth-order valence-corrected chi connectivity index (χ4v) is 2.62. The van der Waals surface area contributed by atoms with E-state index in [0.29, 0.717) is 0 Å². The van der Waals surface area contributed by atoms with Gasteiger partial charge in [-0.05, 0) is 18.9 Å². The van der Waals surface area contributed by atoms with Crippen LogP contribution in [0.25, 0.3) is 0 Å². The topological polar surface area (TPSA) is 37.3 Å². The van der Waals surface area contributed by atoms with Gasteiger partial charge in [-0.25, -0.2) is 0 Å². The molecule has 1 N–H and O–H groups in total. The molecule has 3 heteroatoms. The van der Waals surface area contributed by atoms with Crippen molar-refractivity contribution in [3.63, 3.8) is 0 Å². The molecule has 0 saturated heterocycles. The van der Waals surface area contributed by atoms with Crippen LogP contribution in [0.3, 0.4) is 0 Å². The molecule has 0 bridgehead atoms. The number of benzene rings is 1. The van der Waals surface area contributed by atoms with Gasteiger partial charge in [-0.3, -0.25) is 4.79 Å². The molecule has 0 saturated carbocycles. The van der Waals surface area contributed by atoms with Crippen LogP contribution in [0.15, 0.2) is 30.3 Å². The molecular weight excluding hydrogens is 288 g/mol. The molecule has 1 atom stereocenters. The van der Waals surface area contributed by atoms with Crippen LogP contribution in [-0.2, 0) is 10.2 Å². The third kappa shape index (κ3) is 7.17. The van der Waals surface area contributed by atoms with Crippen molar-refractivity contribution in [3.05, 3.63) is 35.9 Å². The minimum atomic E-state index is -0.745. The molecular formula is C18H30CaO2. The van der Waals surface area contributed by atoms with Crippen molar-refractivity contribution < 1.29 is 9.90 Å². The van der Waals surface area contributed by atoms with E-state index in [1.54, 1.807) is 0 Å². The second-order valence-electron chi connectivity index (χ2n) is 5.87. The normalized spacial score (nSPS) is 13.2. The van der Waals surface area contributed by atoms with Crippen LogP contribution in [0.1, 0.15) is 70.8 Å². The zero-order valence-electron chi connectivity index (χ0n) is 12.9. The average Bonchev–Trinajstić information content (AvgIpc) is 2.46. The number of aliphatic carboxylic acids is 1. The molecule has 1 aromatic rings. The summed E-state index contributed by atoms with van der Waals surface area (Å²) in [6.07, 6.45) is 9.25. The molecule has 0 aliphatic carbocycles. The molecule has 0 aromatic heterocycles. The first kappa shape index (κ1) is 20.9. The molecule has 0 aliphatic heterocycles. The van der Waals surface area contributed by atoms with Gasteiger partial charge in [-0.2, -0.15) is 0 Å². The molecule has 0 amide bonds. The van der Waals surface area contributed by atoms with Crippen LogP contribution in [0.5, 0.6) is 0 Å². The summed E-state index contributed by atoms with van der Waals surface area (Å²) in [6, 6.07) is 9.62. The van der Waals surface area contributed by atoms with E-state index in [4.69, 9.17) is 0 Å². The molecule has 0 heterocycles. The summed E-state index contributed by atoms with van der Waals surface area (Å²) in [6.45, 7) is 4.07. The number of carbonyl (C=O) groups is 1. The Bertz CT molecular complexity index is 391. The predicted octanol–water partition coefficient (Wildman–Crippen LogP) is 4.25. The number of carboxylic acid groups (broad SMARTS) is 1. The standard InChI is InChI=1S/C18H28O2.Ca.2H/c1-3-4-5-6-7-8-12-15-18(2,17(19)20)16-13-10-9-11-14-16;;;/h9-11,13-14H,3-8,12,15H2,1-2H3,(H,19,20);;;. The zero-order valence-corrected chi connectivity index (χ0v) is 12.9. The maximum atomic E-state index is 11.6. The predicted molar refractivity (Wildman–Crippen MR) is 92.6 cm³/mol. The van der Waals surface area contributed by atoms with E-state index in [9.17, 15) is 9.90 Å². The van der Waals surface area contributed by atoms with Gasteiger partial charge in [-0.15, -0.1) is 0 Å². The van der Waals surface area contributed by atoms with Gasteiger partial charge in [0.2, 0.25) is 0 Å². The molecule has 2 nitrogen and oxygen atoms in total. The van der Waals surface area contributed by atoms with Gasteiger partial charge in [0.25, 0.3) is 0 Å². The molecule has 0 radical (unpaired) electrons. The van der Waals surface area contributed by atoms with Gasteiger partial charge in [0, 0.05) is 0 Å². The number of rotatable bonds is 10. The number of hydrogen-bond acceptors (Lipinski definition) is 1. The molecule has 0 spiro atoms. The first-order chi connectivity index (χ1) is 9.61. The Morgan fingerprint density at radius 2 is 1.52 bits per heavy atom. The van der Waals surface area contributed by atoms with Crippen molar-refractivity contribution in [1.29, 1.82) is 0 Å². The van der Waals surface area contributed by atoms with E-state index in [1.807, 2.05) is 37.3 Å². The molecule has 0 fully saturated rings. The van der Waals surface area contributed by atoms with Crippen molar-refractivity contribution >= 4 is 43.7 Å². The summed E-state index contributed by atoms with van der Waals surface area (Å²) >= 11 is 0. The van der Waals surface area contributed by atoms with E-state index < -0.39 is 11.4 Å². The third-order valence-corrected chi connectivity index (χ3v) is 4.16. The Morgan fingerprint density at radius 3 is 2.05 bits per heavy atom. The van der Waals surface area contributed by atoms with Crippen LogP contribution in [0.4, 0.5) is 0 Å². The van der Waals surface area contributed by atoms with Gasteiger partial charge in [0.15, 0.2) is 0 Å². The van der Waals surface area contributed by atoms with Gasteiger partial charge in [0.05, 0.1) is 5.41 Å². The Labute approximate surface area is 159 Å². The summed E-state index contributed by atoms with van der Waals surface area (Å²) in [5.41, 5.74) is 0.170. The summed E-state index contributed by atoms with van der Waals surface area (Å²) in [4.78, 5) is 11.6. The molecule has 1 rings (SSSR count). The van der Waals surface area contributed by atoms with Gasteiger partial charge in [-0.1, -0.05) is 82.2 Å². The van der Waals surface area contributed by atoms with E-state index >= 15 is 0 Å². The van der Waals surface area contributed by atoms with E-state index in [-0.39, 0.29) is 37.7 Å². The summed E-state index contributed by atoms with van der Waals surface area (Å²) in [5, 5.41) is 9.56. The molecule has 1 unspecified atom stereocenters. The Balaban J connectivity index is 0.00000400. The second kappa shape index (κ2) is 11.5. The van der Waals surface area contributed by atoms with Crippen molar-refractivity contribution in [1.82, 2.24) is 0 Å². The SMILES string of the molecule is CCCCCCCCCC(C)(C(=O)O)c1ccccc1.[CaH2]. The maximum absolute atomic E-state index is 11.6. The molecule has 1 aromatic carbocycles. The fourth-order valence-electron chi connectivity index (χ4n) is 2.62. The van der Waals surface area contributed by atoms with E-state index in [0.717, 1.165) is 24.8 Å². The number of unbranched alkanes of at least 4 members (excludes halogenated alkanes) is 6. The average molecular weight is 319 g/mol. The first-order valence-corrected chi connectivity index (χ1v) is 7.90. The van der Waals surface area contributed by atoms with Crippen LogP contribution in [0, 0.1) is 0 Å². The second-order valence-corrected chi connectivity index (χ2v) is 5.87. The number of hydrogen-bond donors (Lipinski definition) is 1. The zero-order chi connectivity index (χ0) is 14.8. The van der Waals surface area contributed by atoms with Crippen LogP contribution in [-0.4, -0.2) is 48.8 Å². The molecule has 0 aliphatic rings. The van der Waals surface area contributed by atoms with Crippen molar-refractivity contribution in [3.8, 4) is 0 Å². The Kier molecular flexibility index (Phi) is 11.5. The summed E-state index contributed by atoms with van der Waals surface area (Å²) < 4.78 is 0. The van der Waals surface area contributed by atoms with Crippen molar-refractivity contribution in [2.75, 3.05) is 0 Å². The molecule has 21 heavy (non-hydrogen) atoms. The molecule has 116 valence electrons. The fraction of sp³-hybridized carbons (Fsp3) is 0.611. The van der Waals surface area contributed by atoms with Crippen LogP contribution in [0.2, 0.25) is 0 Å². The summed E-state index contributed by atoms with van der Waals surface area (Å²) in [7, 11) is 0. The minimum absolute atomic E-state index is 0. The Morgan fingerprint density at radius 1 is 1.00 bits per heavy atom. The van der Waals surface area contributed by atoms with Crippen molar-refractivity contribution in [2.45, 2.75) is 70.6 Å². The van der Waals surface area contributed by atoms with Crippen LogP contribution < -0.4 is 0 Å². The summed E-state index contributed by atoms with van der Waals surface area (Å²) in [5.74, 6) is -0.713. The van der Waals surface area contributed by atoms with E-state index in [2.05, 4.69) is 6.92 Å².